The van der Waals surface area contributed by atoms with Gasteiger partial charge in [0.2, 0.25) is 0 Å². The largest absolute Gasteiger partial charge is 0.381 e. The fraction of sp³-hybridized carbons (Fsp3) is 0.625. The number of nitrogens with zero attached hydrogens (tertiary/aromatic N) is 4. The van der Waals surface area contributed by atoms with Crippen LogP contribution in [-0.2, 0) is 17.7 Å². The van der Waals surface area contributed by atoms with Crippen LogP contribution in [0.1, 0.15) is 12.7 Å². The highest BCUT2D eigenvalue weighted by molar-refractivity contribution is 14.2. The molecule has 0 saturated carbocycles. The SMILES string of the molecule is CCOCCc1nnnn1CC(I)=C(I)I. The lowest BCUT2D eigenvalue weighted by Crippen LogP contribution is -2.09. The van der Waals surface area contributed by atoms with Gasteiger partial charge in [-0.2, -0.15) is 0 Å². The number of hydrogen-bond acceptors (Lipinski definition) is 4. The van der Waals surface area contributed by atoms with Crippen molar-refractivity contribution in [3.05, 3.63) is 11.0 Å². The third kappa shape index (κ3) is 5.08. The third-order valence-electron chi connectivity index (χ3n) is 1.77. The van der Waals surface area contributed by atoms with Gasteiger partial charge in [-0.1, -0.05) is 0 Å². The Kier molecular flexibility index (Phi) is 7.63. The van der Waals surface area contributed by atoms with E-state index in [1.807, 2.05) is 11.6 Å². The van der Waals surface area contributed by atoms with Crippen LogP contribution in [-0.4, -0.2) is 33.4 Å². The summed E-state index contributed by atoms with van der Waals surface area (Å²) in [6.07, 6.45) is 0.753. The van der Waals surface area contributed by atoms with E-state index in [0.29, 0.717) is 6.61 Å². The first-order valence-electron chi connectivity index (χ1n) is 4.67. The maximum Gasteiger partial charge on any atom is 0.153 e. The second kappa shape index (κ2) is 8.13. The number of rotatable bonds is 6. The zero-order valence-electron chi connectivity index (χ0n) is 8.66. The third-order valence-corrected chi connectivity index (χ3v) is 6.02. The standard InChI is InChI=1S/C8H11I3N4O/c1-2-16-4-3-7-12-13-14-15(7)5-6(9)8(10)11/h2-5H2,1H3. The predicted octanol–water partition coefficient (Wildman–Crippen LogP) is 2.73. The van der Waals surface area contributed by atoms with Gasteiger partial charge < -0.3 is 4.74 Å². The number of tetrazole rings is 1. The van der Waals surface area contributed by atoms with Crippen LogP contribution in [0.2, 0.25) is 0 Å². The Morgan fingerprint density at radius 3 is 2.75 bits per heavy atom. The summed E-state index contributed by atoms with van der Waals surface area (Å²) in [6.45, 7) is 4.10. The summed E-state index contributed by atoms with van der Waals surface area (Å²) in [5.41, 5.74) is 0. The minimum absolute atomic E-state index is 0.665. The molecule has 1 heterocycles. The smallest absolute Gasteiger partial charge is 0.153 e. The number of hydrogen-bond donors (Lipinski definition) is 0. The summed E-state index contributed by atoms with van der Waals surface area (Å²) in [7, 11) is 0. The fourth-order valence-electron chi connectivity index (χ4n) is 1.02. The highest BCUT2D eigenvalue weighted by Gasteiger charge is 2.08. The molecule has 0 aromatic carbocycles. The molecule has 5 nitrogen and oxygen atoms in total. The van der Waals surface area contributed by atoms with Crippen molar-refractivity contribution >= 4 is 67.8 Å². The highest BCUT2D eigenvalue weighted by atomic mass is 127. The summed E-state index contributed by atoms with van der Waals surface area (Å²) in [5.74, 6) is 0.872. The Balaban J connectivity index is 2.60. The van der Waals surface area contributed by atoms with Gasteiger partial charge >= 0.3 is 0 Å². The summed E-state index contributed by atoms with van der Waals surface area (Å²) >= 11 is 6.90. The number of allylic oxidation sites excluding steroid dienone is 1. The van der Waals surface area contributed by atoms with Crippen LogP contribution in [0.15, 0.2) is 5.17 Å². The van der Waals surface area contributed by atoms with Crippen molar-refractivity contribution < 1.29 is 4.74 Å². The molecular formula is C8H11I3N4O. The molecule has 0 aliphatic rings. The second-order valence-corrected chi connectivity index (χ2v) is 8.39. The molecule has 0 atom stereocenters. The Hall–Kier alpha value is 0.960. The van der Waals surface area contributed by atoms with Crippen LogP contribution >= 0.6 is 67.8 Å². The van der Waals surface area contributed by atoms with Gasteiger partial charge in [-0.25, -0.2) is 4.68 Å². The Bertz CT molecular complexity index is 362. The van der Waals surface area contributed by atoms with Crippen LogP contribution in [0.4, 0.5) is 0 Å². The molecule has 0 N–H and O–H groups in total. The van der Waals surface area contributed by atoms with Gasteiger partial charge in [-0.3, -0.25) is 0 Å². The topological polar surface area (TPSA) is 52.8 Å². The van der Waals surface area contributed by atoms with Crippen LogP contribution in [0.5, 0.6) is 0 Å². The van der Waals surface area contributed by atoms with Crippen molar-refractivity contribution in [2.45, 2.75) is 19.9 Å². The van der Waals surface area contributed by atoms with Crippen LogP contribution in [0.3, 0.4) is 0 Å². The van der Waals surface area contributed by atoms with E-state index in [4.69, 9.17) is 4.74 Å². The number of halogens is 3. The average Bonchev–Trinajstić information content (AvgIpc) is 2.66. The molecule has 0 aliphatic carbocycles. The summed E-state index contributed by atoms with van der Waals surface area (Å²) in [4.78, 5) is 0. The Morgan fingerprint density at radius 2 is 2.12 bits per heavy atom. The molecule has 0 amide bonds. The van der Waals surface area contributed by atoms with Gasteiger partial charge in [0, 0.05) is 16.6 Å². The van der Waals surface area contributed by atoms with Gasteiger partial charge in [-0.15, -0.1) is 5.10 Å². The highest BCUT2D eigenvalue weighted by Crippen LogP contribution is 2.26. The Morgan fingerprint density at radius 1 is 1.38 bits per heavy atom. The summed E-state index contributed by atoms with van der Waals surface area (Å²) < 4.78 is 9.58. The molecule has 1 aromatic rings. The molecule has 1 rings (SSSR count). The van der Waals surface area contributed by atoms with E-state index in [0.717, 1.165) is 25.4 Å². The van der Waals surface area contributed by atoms with E-state index >= 15 is 0 Å². The van der Waals surface area contributed by atoms with Gasteiger partial charge in [-0.05, 0) is 85.1 Å². The zero-order valence-corrected chi connectivity index (χ0v) is 15.1. The van der Waals surface area contributed by atoms with Gasteiger partial charge in [0.25, 0.3) is 0 Å². The van der Waals surface area contributed by atoms with E-state index in [2.05, 4.69) is 83.3 Å². The van der Waals surface area contributed by atoms with Crippen LogP contribution < -0.4 is 0 Å². The van der Waals surface area contributed by atoms with E-state index in [-0.39, 0.29) is 0 Å². The lowest BCUT2D eigenvalue weighted by molar-refractivity contribution is 0.148. The van der Waals surface area contributed by atoms with Crippen molar-refractivity contribution in [3.63, 3.8) is 0 Å². The van der Waals surface area contributed by atoms with Gasteiger partial charge in [0.1, 0.15) is 0 Å². The summed E-state index contributed by atoms with van der Waals surface area (Å²) in [5, 5.41) is 11.7. The van der Waals surface area contributed by atoms with Crippen LogP contribution in [0, 0.1) is 0 Å². The minimum Gasteiger partial charge on any atom is -0.381 e. The molecule has 16 heavy (non-hydrogen) atoms. The van der Waals surface area contributed by atoms with Crippen molar-refractivity contribution in [2.75, 3.05) is 13.2 Å². The van der Waals surface area contributed by atoms with E-state index in [1.165, 1.54) is 5.17 Å². The normalized spacial score (nSPS) is 10.5. The van der Waals surface area contributed by atoms with Crippen LogP contribution in [0.25, 0.3) is 0 Å². The molecule has 0 saturated heterocycles. The summed E-state index contributed by atoms with van der Waals surface area (Å²) in [6, 6.07) is 0. The molecule has 0 radical (unpaired) electrons. The maximum absolute atomic E-state index is 5.29. The molecule has 1 aromatic heterocycles. The molecule has 0 bridgehead atoms. The second-order valence-electron chi connectivity index (χ2n) is 2.86. The first kappa shape index (κ1) is 15.0. The average molecular weight is 560 g/mol. The fourth-order valence-corrected chi connectivity index (χ4v) is 1.69. The number of aromatic nitrogens is 4. The monoisotopic (exact) mass is 560 g/mol. The molecule has 0 fully saturated rings. The molecular weight excluding hydrogens is 549 g/mol. The van der Waals surface area contributed by atoms with Crippen molar-refractivity contribution in [3.8, 4) is 0 Å². The minimum atomic E-state index is 0.665. The maximum atomic E-state index is 5.29. The zero-order chi connectivity index (χ0) is 12.0. The first-order chi connectivity index (χ1) is 7.65. The van der Waals surface area contributed by atoms with Gasteiger partial charge in [0.05, 0.1) is 14.7 Å². The van der Waals surface area contributed by atoms with Gasteiger partial charge in [0.15, 0.2) is 5.82 Å². The van der Waals surface area contributed by atoms with E-state index in [9.17, 15) is 0 Å². The molecule has 90 valence electrons. The van der Waals surface area contributed by atoms with E-state index < -0.39 is 0 Å². The predicted molar refractivity (Wildman–Crippen MR) is 87.1 cm³/mol. The molecule has 8 heteroatoms. The van der Waals surface area contributed by atoms with Crippen molar-refractivity contribution in [1.82, 2.24) is 20.2 Å². The van der Waals surface area contributed by atoms with Crippen molar-refractivity contribution in [2.24, 2.45) is 0 Å². The number of ether oxygens (including phenoxy) is 1. The lowest BCUT2D eigenvalue weighted by Gasteiger charge is -2.04. The first-order valence-corrected chi connectivity index (χ1v) is 7.91. The Labute approximate surface area is 135 Å². The van der Waals surface area contributed by atoms with E-state index in [1.54, 1.807) is 0 Å². The quantitative estimate of drug-likeness (QED) is 0.397. The molecule has 0 unspecified atom stereocenters. The van der Waals surface area contributed by atoms with Crippen molar-refractivity contribution in [1.29, 1.82) is 0 Å². The molecule has 0 spiro atoms. The molecule has 0 aliphatic heterocycles. The lowest BCUT2D eigenvalue weighted by atomic mass is 10.4.